The molecule has 0 aliphatic carbocycles. The van der Waals surface area contributed by atoms with Crippen LogP contribution in [-0.4, -0.2) is 83.5 Å². The van der Waals surface area contributed by atoms with E-state index in [0.717, 1.165) is 77.8 Å². The first-order chi connectivity index (χ1) is 17.1. The van der Waals surface area contributed by atoms with E-state index < -0.39 is 0 Å². The van der Waals surface area contributed by atoms with Crippen molar-refractivity contribution < 1.29 is 35.0 Å². The monoisotopic (exact) mass is 590 g/mol. The molecule has 0 unspecified atom stereocenters. The van der Waals surface area contributed by atoms with Crippen molar-refractivity contribution in [2.75, 3.05) is 44.7 Å². The van der Waals surface area contributed by atoms with Gasteiger partial charge in [0.25, 0.3) is 0 Å². The van der Waals surface area contributed by atoms with Gasteiger partial charge in [0.05, 0.1) is 5.69 Å². The molecule has 1 aromatic carbocycles. The number of fused-ring (bicyclic) bond motifs is 1. The van der Waals surface area contributed by atoms with Crippen LogP contribution in [0.4, 0.5) is 5.69 Å². The summed E-state index contributed by atoms with van der Waals surface area (Å²) in [5.74, 6) is 0.140. The second-order valence-corrected chi connectivity index (χ2v) is 10.5. The topological polar surface area (TPSA) is 99.4 Å². The first kappa shape index (κ1) is 34.7. The SMILES string of the molecule is CCCCNC1CCN(C(=O)[C@@H](CC)CC(=O)N2CCC(N3CCc4ccccc4N3)CC2)CC1.Cl.O.[HH].[V]. The number of likely N-dealkylation sites (tertiary alicyclic amines) is 2. The van der Waals surface area contributed by atoms with Gasteiger partial charge in [-0.1, -0.05) is 38.5 Å². The first-order valence-corrected chi connectivity index (χ1v) is 14.0. The van der Waals surface area contributed by atoms with E-state index in [1.807, 2.05) is 16.7 Å². The fraction of sp³-hybridized carbons (Fsp3) is 0.714. The van der Waals surface area contributed by atoms with Gasteiger partial charge in [0.1, 0.15) is 0 Å². The van der Waals surface area contributed by atoms with Gasteiger partial charge in [0.2, 0.25) is 11.8 Å². The van der Waals surface area contributed by atoms with Gasteiger partial charge in [0.15, 0.2) is 0 Å². The Balaban J connectivity index is 0.00000361. The number of amides is 2. The van der Waals surface area contributed by atoms with Gasteiger partial charge in [-0.3, -0.25) is 9.59 Å². The predicted molar refractivity (Wildman–Crippen MR) is 154 cm³/mol. The number of nitrogens with one attached hydrogen (secondary N) is 2. The van der Waals surface area contributed by atoms with E-state index in [4.69, 9.17) is 0 Å². The van der Waals surface area contributed by atoms with Crippen molar-refractivity contribution in [1.82, 2.24) is 20.1 Å². The Bertz CT molecular complexity index is 854. The number of anilines is 1. The normalized spacial score (nSPS) is 19.2. The number of carbonyl (C=O) groups is 2. The van der Waals surface area contributed by atoms with E-state index in [2.05, 4.69) is 46.9 Å². The van der Waals surface area contributed by atoms with E-state index in [0.29, 0.717) is 18.5 Å². The number of halogens is 1. The molecule has 0 aromatic heterocycles. The zero-order chi connectivity index (χ0) is 24.6. The maximum atomic E-state index is 13.2. The quantitative estimate of drug-likeness (QED) is 0.429. The van der Waals surface area contributed by atoms with Crippen LogP contribution in [0.1, 0.15) is 72.2 Å². The minimum absolute atomic E-state index is 0. The molecule has 3 aliphatic rings. The Morgan fingerprint density at radius 3 is 2.34 bits per heavy atom. The third-order valence-electron chi connectivity index (χ3n) is 8.19. The summed E-state index contributed by atoms with van der Waals surface area (Å²) in [4.78, 5) is 30.3. The largest absolute Gasteiger partial charge is 0.412 e. The maximum absolute atomic E-state index is 13.2. The molecule has 2 amide bonds. The minimum atomic E-state index is -0.190. The molecule has 4 N–H and O–H groups in total. The van der Waals surface area contributed by atoms with Crippen LogP contribution in [-0.2, 0) is 34.6 Å². The summed E-state index contributed by atoms with van der Waals surface area (Å²) >= 11 is 0. The molecule has 1 atom stereocenters. The Hall–Kier alpha value is -1.29. The number of hydrazine groups is 1. The zero-order valence-electron chi connectivity index (χ0n) is 23.2. The molecule has 217 valence electrons. The van der Waals surface area contributed by atoms with Gasteiger partial charge in [-0.15, -0.1) is 12.4 Å². The second kappa shape index (κ2) is 17.4. The standard InChI is InChI=1S/C28H45N5O2.ClH.H2O.V.H2/c1-3-5-15-29-24-11-16-32(17-12-24)28(35)22(4-2)21-27(34)31-18-13-25(14-19-31)33-20-10-23-8-6-7-9-26(23)30-33;;;;/h6-9,22,24-25,29-30H,3-5,10-21H2,1-2H3;1H;1H2;;1H/t22-;;;;/m0..../s1. The van der Waals surface area contributed by atoms with Crippen molar-refractivity contribution in [2.45, 2.75) is 83.7 Å². The summed E-state index contributed by atoms with van der Waals surface area (Å²) in [5, 5.41) is 5.99. The molecule has 2 fully saturated rings. The number of unbranched alkanes of at least 4 members (excludes halogenated alkanes) is 1. The molecular formula is C28H50ClN5O3V. The average molecular weight is 591 g/mol. The van der Waals surface area contributed by atoms with Crippen molar-refractivity contribution in [3.05, 3.63) is 29.8 Å². The fourth-order valence-electron chi connectivity index (χ4n) is 5.79. The Morgan fingerprint density at radius 2 is 1.68 bits per heavy atom. The number of hydrogen-bond acceptors (Lipinski definition) is 5. The van der Waals surface area contributed by atoms with Gasteiger partial charge in [-0.2, -0.15) is 0 Å². The van der Waals surface area contributed by atoms with Crippen LogP contribution in [0.25, 0.3) is 0 Å². The summed E-state index contributed by atoms with van der Waals surface area (Å²) in [6, 6.07) is 9.49. The van der Waals surface area contributed by atoms with E-state index >= 15 is 0 Å². The molecular weight excluding hydrogens is 541 g/mol. The third kappa shape index (κ3) is 9.14. The molecule has 38 heavy (non-hydrogen) atoms. The molecule has 1 radical (unpaired) electrons. The van der Waals surface area contributed by atoms with Gasteiger partial charge < -0.3 is 26.0 Å². The summed E-state index contributed by atoms with van der Waals surface area (Å²) in [6.07, 6.45) is 8.54. The average Bonchev–Trinajstić information content (AvgIpc) is 2.91. The van der Waals surface area contributed by atoms with Crippen LogP contribution in [0.3, 0.4) is 0 Å². The van der Waals surface area contributed by atoms with Crippen LogP contribution in [0.5, 0.6) is 0 Å². The van der Waals surface area contributed by atoms with Crippen molar-refractivity contribution in [3.63, 3.8) is 0 Å². The fourth-order valence-corrected chi connectivity index (χ4v) is 5.79. The Morgan fingerprint density at radius 1 is 1.03 bits per heavy atom. The Kier molecular flexibility index (Phi) is 15.9. The van der Waals surface area contributed by atoms with Crippen molar-refractivity contribution >= 4 is 29.9 Å². The first-order valence-electron chi connectivity index (χ1n) is 14.0. The number of benzene rings is 1. The molecule has 0 saturated carbocycles. The summed E-state index contributed by atoms with van der Waals surface area (Å²) in [6.45, 7) is 9.51. The van der Waals surface area contributed by atoms with Crippen LogP contribution < -0.4 is 10.7 Å². The number of hydrogen-bond donors (Lipinski definition) is 2. The van der Waals surface area contributed by atoms with E-state index in [-0.39, 0.29) is 55.6 Å². The van der Waals surface area contributed by atoms with Crippen molar-refractivity contribution in [2.24, 2.45) is 5.92 Å². The molecule has 2 saturated heterocycles. The second-order valence-electron chi connectivity index (χ2n) is 10.5. The van der Waals surface area contributed by atoms with E-state index in [9.17, 15) is 9.59 Å². The summed E-state index contributed by atoms with van der Waals surface area (Å²) < 4.78 is 0. The van der Waals surface area contributed by atoms with Crippen molar-refractivity contribution in [3.8, 4) is 0 Å². The number of carbonyl (C=O) groups excluding carboxylic acids is 2. The smallest absolute Gasteiger partial charge is 0.226 e. The third-order valence-corrected chi connectivity index (χ3v) is 8.19. The zero-order valence-corrected chi connectivity index (χ0v) is 25.4. The van der Waals surface area contributed by atoms with Crippen LogP contribution >= 0.6 is 12.4 Å². The van der Waals surface area contributed by atoms with Gasteiger partial charge in [0, 0.05) is 77.1 Å². The maximum Gasteiger partial charge on any atom is 0.226 e. The molecule has 0 bridgehead atoms. The molecule has 3 heterocycles. The molecule has 10 heteroatoms. The van der Waals surface area contributed by atoms with Crippen molar-refractivity contribution in [1.29, 1.82) is 0 Å². The molecule has 1 aromatic rings. The molecule has 4 rings (SSSR count). The van der Waals surface area contributed by atoms with E-state index in [1.54, 1.807) is 0 Å². The number of rotatable bonds is 9. The van der Waals surface area contributed by atoms with Gasteiger partial charge in [-0.05, 0) is 63.1 Å². The number of para-hydroxylation sites is 1. The van der Waals surface area contributed by atoms with E-state index in [1.165, 1.54) is 24.1 Å². The van der Waals surface area contributed by atoms with Gasteiger partial charge in [-0.25, -0.2) is 5.01 Å². The van der Waals surface area contributed by atoms with Crippen LogP contribution in [0, 0.1) is 5.92 Å². The Labute approximate surface area is 248 Å². The van der Waals surface area contributed by atoms with Crippen LogP contribution in [0.2, 0.25) is 0 Å². The molecule has 0 spiro atoms. The summed E-state index contributed by atoms with van der Waals surface area (Å²) in [7, 11) is 0. The summed E-state index contributed by atoms with van der Waals surface area (Å²) in [5.41, 5.74) is 6.18. The minimum Gasteiger partial charge on any atom is -0.412 e. The van der Waals surface area contributed by atoms with Gasteiger partial charge >= 0.3 is 0 Å². The van der Waals surface area contributed by atoms with Crippen LogP contribution in [0.15, 0.2) is 24.3 Å². The molecule has 3 aliphatic heterocycles. The number of piperidine rings is 2. The predicted octanol–water partition coefficient (Wildman–Crippen LogP) is 3.50. The molecule has 8 nitrogen and oxygen atoms in total. The number of nitrogens with zero attached hydrogens (tertiary/aromatic N) is 3.